The van der Waals surface area contributed by atoms with Gasteiger partial charge in [-0.1, -0.05) is 25.4 Å². The minimum Gasteiger partial charge on any atom is -0.346 e. The Balaban J connectivity index is 3.06. The summed E-state index contributed by atoms with van der Waals surface area (Å²) in [5, 5.41) is 2.89. The first-order valence-corrected chi connectivity index (χ1v) is 9.42. The highest BCUT2D eigenvalue weighted by molar-refractivity contribution is 7.89. The Morgan fingerprint density at radius 2 is 1.87 bits per heavy atom. The first kappa shape index (κ1) is 19.9. The number of quaternary nitrogens is 1. The number of nitrogens with zero attached hydrogens (tertiary/aromatic N) is 1. The smallest absolute Gasteiger partial charge is 0.251 e. The lowest BCUT2D eigenvalue weighted by atomic mass is 10.2. The second-order valence-electron chi connectivity index (χ2n) is 5.45. The van der Waals surface area contributed by atoms with Crippen LogP contribution in [0.2, 0.25) is 5.02 Å². The van der Waals surface area contributed by atoms with Crippen LogP contribution in [-0.2, 0) is 10.0 Å². The summed E-state index contributed by atoms with van der Waals surface area (Å²) in [4.78, 5) is 13.3. The predicted octanol–water partition coefficient (Wildman–Crippen LogP) is 0.245. The number of likely N-dealkylation sites (N-methyl/N-ethyl adjacent to an activating group) is 1. The molecule has 0 aliphatic carbocycles. The van der Waals surface area contributed by atoms with Gasteiger partial charge in [-0.05, 0) is 18.2 Å². The highest BCUT2D eigenvalue weighted by Crippen LogP contribution is 2.25. The molecule has 0 atom stereocenters. The topological polar surface area (TPSA) is 70.9 Å². The van der Waals surface area contributed by atoms with Crippen LogP contribution in [0.3, 0.4) is 0 Å². The molecule has 0 spiro atoms. The van der Waals surface area contributed by atoms with Gasteiger partial charge in [0.1, 0.15) is 4.90 Å². The molecular weight excluding hydrogens is 338 g/mol. The van der Waals surface area contributed by atoms with Gasteiger partial charge in [-0.25, -0.2) is 8.42 Å². The van der Waals surface area contributed by atoms with E-state index in [2.05, 4.69) is 5.32 Å². The van der Waals surface area contributed by atoms with Gasteiger partial charge in [0.2, 0.25) is 10.0 Å². The fourth-order valence-corrected chi connectivity index (χ4v) is 4.03. The molecule has 0 radical (unpaired) electrons. The van der Waals surface area contributed by atoms with Crippen LogP contribution in [-0.4, -0.2) is 58.9 Å². The molecule has 1 rings (SSSR count). The van der Waals surface area contributed by atoms with Crippen LogP contribution in [0.5, 0.6) is 0 Å². The molecule has 0 bridgehead atoms. The monoisotopic (exact) mass is 362 g/mol. The number of rotatable bonds is 8. The number of hydrogen-bond acceptors (Lipinski definition) is 3. The number of nitrogens with one attached hydrogen (secondary N) is 2. The highest BCUT2D eigenvalue weighted by Gasteiger charge is 2.25. The largest absolute Gasteiger partial charge is 0.346 e. The molecule has 8 heteroatoms. The van der Waals surface area contributed by atoms with Crippen molar-refractivity contribution in [3.63, 3.8) is 0 Å². The maximum Gasteiger partial charge on any atom is 0.251 e. The molecule has 23 heavy (non-hydrogen) atoms. The minimum absolute atomic E-state index is 0.0336. The summed E-state index contributed by atoms with van der Waals surface area (Å²) in [6.45, 7) is 5.50. The van der Waals surface area contributed by atoms with Gasteiger partial charge in [0, 0.05) is 18.7 Å². The molecule has 1 aromatic rings. The average molecular weight is 363 g/mol. The molecule has 130 valence electrons. The lowest BCUT2D eigenvalue weighted by Gasteiger charge is -2.19. The van der Waals surface area contributed by atoms with E-state index in [-0.39, 0.29) is 21.4 Å². The molecular formula is C15H25ClN3O3S+. The maximum atomic E-state index is 12.6. The number of hydrogen-bond donors (Lipinski definition) is 2. The zero-order valence-electron chi connectivity index (χ0n) is 14.0. The second kappa shape index (κ2) is 8.63. The number of carbonyl (C=O) groups excluding carboxylic acids is 1. The van der Waals surface area contributed by atoms with Gasteiger partial charge in [-0.2, -0.15) is 4.31 Å². The molecule has 0 saturated carbocycles. The summed E-state index contributed by atoms with van der Waals surface area (Å²) in [7, 11) is 0.274. The van der Waals surface area contributed by atoms with Gasteiger partial charge in [0.15, 0.2) is 0 Å². The lowest BCUT2D eigenvalue weighted by molar-refractivity contribution is -0.856. The molecule has 0 aliphatic rings. The van der Waals surface area contributed by atoms with Crippen molar-refractivity contribution in [2.75, 3.05) is 40.3 Å². The zero-order chi connectivity index (χ0) is 17.6. The van der Waals surface area contributed by atoms with Crippen LogP contribution in [0, 0.1) is 0 Å². The van der Waals surface area contributed by atoms with Crippen molar-refractivity contribution in [1.82, 2.24) is 9.62 Å². The van der Waals surface area contributed by atoms with E-state index in [0.29, 0.717) is 19.6 Å². The number of carbonyl (C=O) groups is 1. The second-order valence-corrected chi connectivity index (χ2v) is 7.76. The molecule has 0 aromatic heterocycles. The summed E-state index contributed by atoms with van der Waals surface area (Å²) in [6.07, 6.45) is 0. The molecule has 0 heterocycles. The standard InChI is InChI=1S/C15H24ClN3O3S/c1-5-19(6-2)23(21,22)14-11-12(7-8-13(14)16)15(20)17-9-10-18(3)4/h7-8,11H,5-6,9-10H2,1-4H3,(H,17,20)/p+1. The van der Waals surface area contributed by atoms with Crippen LogP contribution in [0.1, 0.15) is 24.2 Å². The summed E-state index contributed by atoms with van der Waals surface area (Å²) in [5.41, 5.74) is 0.286. The van der Waals surface area contributed by atoms with Gasteiger partial charge in [0.05, 0.1) is 32.2 Å². The van der Waals surface area contributed by atoms with Crippen LogP contribution >= 0.6 is 11.6 Å². The van der Waals surface area contributed by atoms with E-state index >= 15 is 0 Å². The van der Waals surface area contributed by atoms with Crippen molar-refractivity contribution < 1.29 is 18.1 Å². The first-order chi connectivity index (χ1) is 10.7. The SMILES string of the molecule is CCN(CC)S(=O)(=O)c1cc(C(=O)NCC[NH+](C)C)ccc1Cl. The normalized spacial score (nSPS) is 12.0. The first-order valence-electron chi connectivity index (χ1n) is 7.60. The molecule has 0 saturated heterocycles. The van der Waals surface area contributed by atoms with Crippen molar-refractivity contribution in [3.05, 3.63) is 28.8 Å². The quantitative estimate of drug-likeness (QED) is 0.696. The van der Waals surface area contributed by atoms with E-state index in [9.17, 15) is 13.2 Å². The third-order valence-electron chi connectivity index (χ3n) is 3.43. The molecule has 0 fully saturated rings. The van der Waals surface area contributed by atoms with Gasteiger partial charge < -0.3 is 10.2 Å². The van der Waals surface area contributed by atoms with Crippen LogP contribution in [0.25, 0.3) is 0 Å². The fraction of sp³-hybridized carbons (Fsp3) is 0.533. The molecule has 1 amide bonds. The van der Waals surface area contributed by atoms with Crippen molar-refractivity contribution in [1.29, 1.82) is 0 Å². The molecule has 2 N–H and O–H groups in total. The Morgan fingerprint density at radius 3 is 2.39 bits per heavy atom. The van der Waals surface area contributed by atoms with Gasteiger partial charge in [-0.3, -0.25) is 4.79 Å². The number of sulfonamides is 1. The number of halogens is 1. The van der Waals surface area contributed by atoms with E-state index in [1.54, 1.807) is 13.8 Å². The number of benzene rings is 1. The molecule has 6 nitrogen and oxygen atoms in total. The zero-order valence-corrected chi connectivity index (χ0v) is 15.6. The van der Waals surface area contributed by atoms with Crippen molar-refractivity contribution in [3.8, 4) is 0 Å². The van der Waals surface area contributed by atoms with E-state index in [1.807, 2.05) is 14.1 Å². The fourth-order valence-electron chi connectivity index (χ4n) is 2.07. The van der Waals surface area contributed by atoms with E-state index in [0.717, 1.165) is 6.54 Å². The Bertz CT molecular complexity index is 643. The van der Waals surface area contributed by atoms with E-state index in [4.69, 9.17) is 11.6 Å². The summed E-state index contributed by atoms with van der Waals surface area (Å²) in [6, 6.07) is 4.32. The average Bonchev–Trinajstić information content (AvgIpc) is 2.47. The van der Waals surface area contributed by atoms with Crippen LogP contribution < -0.4 is 10.2 Å². The van der Waals surface area contributed by atoms with Crippen molar-refractivity contribution in [2.45, 2.75) is 18.7 Å². The van der Waals surface area contributed by atoms with Gasteiger partial charge in [-0.15, -0.1) is 0 Å². The third kappa shape index (κ3) is 5.17. The Morgan fingerprint density at radius 1 is 1.26 bits per heavy atom. The van der Waals surface area contributed by atoms with Crippen LogP contribution in [0.4, 0.5) is 0 Å². The summed E-state index contributed by atoms with van der Waals surface area (Å²) in [5.74, 6) is -0.307. The minimum atomic E-state index is -3.70. The van der Waals surface area contributed by atoms with E-state index < -0.39 is 10.0 Å². The summed E-state index contributed by atoms with van der Waals surface area (Å²) >= 11 is 6.05. The molecule has 0 aliphatic heterocycles. The summed E-state index contributed by atoms with van der Waals surface area (Å²) < 4.78 is 26.5. The van der Waals surface area contributed by atoms with Crippen LogP contribution in [0.15, 0.2) is 23.1 Å². The number of amides is 1. The van der Waals surface area contributed by atoms with Gasteiger partial charge in [0.25, 0.3) is 5.91 Å². The van der Waals surface area contributed by atoms with Crippen molar-refractivity contribution >= 4 is 27.5 Å². The Hall–Kier alpha value is -1.15. The highest BCUT2D eigenvalue weighted by atomic mass is 35.5. The third-order valence-corrected chi connectivity index (χ3v) is 5.96. The lowest BCUT2D eigenvalue weighted by Crippen LogP contribution is -3.06. The predicted molar refractivity (Wildman–Crippen MR) is 91.6 cm³/mol. The van der Waals surface area contributed by atoms with Gasteiger partial charge >= 0.3 is 0 Å². The molecule has 1 aromatic carbocycles. The maximum absolute atomic E-state index is 12.6. The van der Waals surface area contributed by atoms with Crippen molar-refractivity contribution in [2.24, 2.45) is 0 Å². The Kier molecular flexibility index (Phi) is 7.47. The molecule has 0 unspecified atom stereocenters. The van der Waals surface area contributed by atoms with E-state index in [1.165, 1.54) is 27.4 Å². The Labute approximate surface area is 143 Å².